The van der Waals surface area contributed by atoms with Gasteiger partial charge >= 0.3 is 0 Å². The number of hydrogen-bond donors (Lipinski definition) is 1. The van der Waals surface area contributed by atoms with Gasteiger partial charge in [-0.15, -0.1) is 0 Å². The Morgan fingerprint density at radius 2 is 1.54 bits per heavy atom. The first-order valence-electron chi connectivity index (χ1n) is 6.93. The molecule has 24 heavy (non-hydrogen) atoms. The molecule has 1 N–H and O–H groups in total. The lowest BCUT2D eigenvalue weighted by Crippen LogP contribution is -1.95. The smallest absolute Gasteiger partial charge is 0.293 e. The van der Waals surface area contributed by atoms with Gasteiger partial charge in [0, 0.05) is 11.4 Å². The van der Waals surface area contributed by atoms with Crippen LogP contribution in [0.4, 0.5) is 0 Å². The zero-order chi connectivity index (χ0) is 17.9. The molecule has 0 aromatic carbocycles. The van der Waals surface area contributed by atoms with Crippen LogP contribution in [-0.2, 0) is 22.7 Å². The average molecular weight is 324 g/mol. The third-order valence-electron chi connectivity index (χ3n) is 2.76. The van der Waals surface area contributed by atoms with E-state index in [0.717, 1.165) is 22.5 Å². The van der Waals surface area contributed by atoms with E-state index in [0.29, 0.717) is 17.9 Å². The highest BCUT2D eigenvalue weighted by molar-refractivity contribution is 5.38. The second-order valence-corrected chi connectivity index (χ2v) is 4.79. The summed E-state index contributed by atoms with van der Waals surface area (Å²) in [6.07, 6.45) is 0. The van der Waals surface area contributed by atoms with Crippen LogP contribution < -0.4 is 0 Å². The monoisotopic (exact) mass is 324 g/mol. The van der Waals surface area contributed by atoms with Crippen molar-refractivity contribution in [3.05, 3.63) is 58.2 Å². The van der Waals surface area contributed by atoms with Crippen molar-refractivity contribution in [3.8, 4) is 12.1 Å². The lowest BCUT2D eigenvalue weighted by Gasteiger charge is -2.00. The minimum absolute atomic E-state index is 0.0436. The van der Waals surface area contributed by atoms with Crippen molar-refractivity contribution in [2.75, 3.05) is 0 Å². The molecule has 2 heterocycles. The van der Waals surface area contributed by atoms with Gasteiger partial charge in [0.2, 0.25) is 0 Å². The number of carbonyl (C=O) groups excluding carboxylic acids is 1. The maximum absolute atomic E-state index is 9.91. The molecule has 7 nitrogen and oxygen atoms in total. The highest BCUT2D eigenvalue weighted by atomic mass is 16.5. The number of aromatic nitrogens is 2. The van der Waals surface area contributed by atoms with Gasteiger partial charge in [-0.1, -0.05) is 0 Å². The summed E-state index contributed by atoms with van der Waals surface area (Å²) >= 11 is 0. The molecule has 2 aromatic heterocycles. The zero-order valence-corrected chi connectivity index (χ0v) is 13.4. The van der Waals surface area contributed by atoms with Crippen molar-refractivity contribution in [2.24, 2.45) is 0 Å². The number of aliphatic hydroxyl groups is 1. The zero-order valence-electron chi connectivity index (χ0n) is 13.4. The van der Waals surface area contributed by atoms with Crippen LogP contribution in [0.5, 0.6) is 0 Å². The highest BCUT2D eigenvalue weighted by Gasteiger charge is 1.99. The molecule has 7 heteroatoms. The number of pyridine rings is 2. The number of rotatable bonds is 4. The van der Waals surface area contributed by atoms with Crippen molar-refractivity contribution < 1.29 is 14.6 Å². The number of nitriles is 2. The summed E-state index contributed by atoms with van der Waals surface area (Å²) < 4.78 is 4.56. The summed E-state index contributed by atoms with van der Waals surface area (Å²) in [7, 11) is 0. The lowest BCUT2D eigenvalue weighted by atomic mass is 10.2. The molecule has 0 aliphatic carbocycles. The minimum Gasteiger partial charge on any atom is -0.463 e. The van der Waals surface area contributed by atoms with Crippen LogP contribution >= 0.6 is 0 Å². The third-order valence-corrected chi connectivity index (χ3v) is 2.76. The SMILES string of the molecule is Cc1cc(CO)cc(C#N)n1.Cc1cc(COC=O)cc(C#N)n1. The number of aliphatic hydroxyl groups excluding tert-OH is 1. The van der Waals surface area contributed by atoms with Crippen LogP contribution in [0.15, 0.2) is 24.3 Å². The topological polar surface area (TPSA) is 120 Å². The van der Waals surface area contributed by atoms with Crippen LogP contribution in [0.2, 0.25) is 0 Å². The van der Waals surface area contributed by atoms with Gasteiger partial charge < -0.3 is 9.84 Å². The fourth-order valence-electron chi connectivity index (χ4n) is 1.90. The van der Waals surface area contributed by atoms with E-state index >= 15 is 0 Å². The standard InChI is InChI=1S/C9H8N2O2.C8H8N2O/c1-7-2-8(5-13-6-12)3-9(4-10)11-7;1-6-2-7(5-11)3-8(4-9)10-6/h2-3,6H,5H2,1H3;2-3,11H,5H2,1H3. The summed E-state index contributed by atoms with van der Waals surface area (Å²) in [5.41, 5.74) is 3.69. The average Bonchev–Trinajstić information content (AvgIpc) is 2.59. The molecular formula is C17H16N4O3. The Labute approximate surface area is 139 Å². The third kappa shape index (κ3) is 6.22. The van der Waals surface area contributed by atoms with Crippen molar-refractivity contribution in [1.82, 2.24) is 9.97 Å². The Morgan fingerprint density at radius 3 is 2.00 bits per heavy atom. The van der Waals surface area contributed by atoms with Crippen LogP contribution in [0.1, 0.15) is 33.9 Å². The van der Waals surface area contributed by atoms with Gasteiger partial charge in [-0.05, 0) is 49.2 Å². The maximum Gasteiger partial charge on any atom is 0.293 e. The Bertz CT molecular complexity index is 791. The van der Waals surface area contributed by atoms with Crippen LogP contribution in [0, 0.1) is 36.5 Å². The maximum atomic E-state index is 9.91. The fourth-order valence-corrected chi connectivity index (χ4v) is 1.90. The summed E-state index contributed by atoms with van der Waals surface area (Å²) in [6, 6.07) is 10.5. The van der Waals surface area contributed by atoms with E-state index in [1.54, 1.807) is 38.1 Å². The quantitative estimate of drug-likeness (QED) is 0.849. The van der Waals surface area contributed by atoms with Gasteiger partial charge in [0.15, 0.2) is 0 Å². The largest absolute Gasteiger partial charge is 0.463 e. The summed E-state index contributed by atoms with van der Waals surface area (Å²) in [6.45, 7) is 4.09. The molecule has 0 unspecified atom stereocenters. The number of carbonyl (C=O) groups is 1. The number of ether oxygens (including phenoxy) is 1. The molecule has 2 rings (SSSR count). The van der Waals surface area contributed by atoms with E-state index < -0.39 is 0 Å². The molecule has 0 fully saturated rings. The minimum atomic E-state index is -0.0436. The first-order chi connectivity index (χ1) is 11.5. The molecule has 2 aromatic rings. The molecule has 0 aliphatic heterocycles. The molecular weight excluding hydrogens is 308 g/mol. The number of aryl methyl sites for hydroxylation is 2. The molecule has 122 valence electrons. The Kier molecular flexibility index (Phi) is 7.56. The molecule has 0 atom stereocenters. The Hall–Kier alpha value is -3.29. The van der Waals surface area contributed by atoms with E-state index in [-0.39, 0.29) is 13.2 Å². The lowest BCUT2D eigenvalue weighted by molar-refractivity contribution is -0.129. The molecule has 0 spiro atoms. The second kappa shape index (κ2) is 9.67. The predicted molar refractivity (Wildman–Crippen MR) is 84.2 cm³/mol. The van der Waals surface area contributed by atoms with Gasteiger partial charge in [0.25, 0.3) is 6.47 Å². The highest BCUT2D eigenvalue weighted by Crippen LogP contribution is 2.06. The van der Waals surface area contributed by atoms with Gasteiger partial charge in [0.1, 0.15) is 30.1 Å². The number of nitrogens with zero attached hydrogens (tertiary/aromatic N) is 4. The molecule has 0 bridgehead atoms. The van der Waals surface area contributed by atoms with E-state index in [1.165, 1.54) is 0 Å². The molecule has 0 radical (unpaired) electrons. The fraction of sp³-hybridized carbons (Fsp3) is 0.235. The van der Waals surface area contributed by atoms with Crippen molar-refractivity contribution in [3.63, 3.8) is 0 Å². The molecule has 0 saturated heterocycles. The number of hydrogen-bond acceptors (Lipinski definition) is 7. The summed E-state index contributed by atoms with van der Waals surface area (Å²) in [4.78, 5) is 17.8. The normalized spacial score (nSPS) is 9.04. The molecule has 0 amide bonds. The van der Waals surface area contributed by atoms with Gasteiger partial charge in [-0.3, -0.25) is 4.79 Å². The van der Waals surface area contributed by atoms with Gasteiger partial charge in [-0.2, -0.15) is 10.5 Å². The Balaban J connectivity index is 0.000000243. The Morgan fingerprint density at radius 1 is 1.04 bits per heavy atom. The van der Waals surface area contributed by atoms with Crippen LogP contribution in [-0.4, -0.2) is 21.5 Å². The van der Waals surface area contributed by atoms with Crippen LogP contribution in [0.3, 0.4) is 0 Å². The molecule has 0 aliphatic rings. The van der Waals surface area contributed by atoms with Gasteiger partial charge in [0.05, 0.1) is 6.61 Å². The van der Waals surface area contributed by atoms with Crippen molar-refractivity contribution >= 4 is 6.47 Å². The second-order valence-electron chi connectivity index (χ2n) is 4.79. The summed E-state index contributed by atoms with van der Waals surface area (Å²) in [5, 5.41) is 25.8. The van der Waals surface area contributed by atoms with Crippen LogP contribution in [0.25, 0.3) is 0 Å². The van der Waals surface area contributed by atoms with Crippen molar-refractivity contribution in [2.45, 2.75) is 27.1 Å². The van der Waals surface area contributed by atoms with Crippen molar-refractivity contribution in [1.29, 1.82) is 10.5 Å². The van der Waals surface area contributed by atoms with E-state index in [9.17, 15) is 4.79 Å². The van der Waals surface area contributed by atoms with E-state index in [2.05, 4.69) is 14.7 Å². The molecule has 0 saturated carbocycles. The van der Waals surface area contributed by atoms with E-state index in [4.69, 9.17) is 15.6 Å². The van der Waals surface area contributed by atoms with E-state index in [1.807, 2.05) is 12.1 Å². The summed E-state index contributed by atoms with van der Waals surface area (Å²) in [5.74, 6) is 0. The first kappa shape index (κ1) is 18.8. The first-order valence-corrected chi connectivity index (χ1v) is 6.93. The van der Waals surface area contributed by atoms with Gasteiger partial charge in [-0.25, -0.2) is 9.97 Å². The predicted octanol–water partition coefficient (Wildman–Crippen LogP) is 1.69.